The lowest BCUT2D eigenvalue weighted by atomic mass is 10.0. The Morgan fingerprint density at radius 2 is 2.31 bits per heavy atom. The Balaban J connectivity index is 2.07. The van der Waals surface area contributed by atoms with Gasteiger partial charge in [-0.05, 0) is 18.3 Å². The van der Waals surface area contributed by atoms with E-state index in [2.05, 4.69) is 40.0 Å². The molecule has 0 saturated heterocycles. The van der Waals surface area contributed by atoms with E-state index >= 15 is 0 Å². The second-order valence-electron chi connectivity index (χ2n) is 5.00. The van der Waals surface area contributed by atoms with Crippen LogP contribution in [-0.4, -0.2) is 25.8 Å². The zero-order valence-electron chi connectivity index (χ0n) is 9.49. The Bertz CT molecular complexity index is 422. The smallest absolute Gasteiger partial charge is 0.267 e. The van der Waals surface area contributed by atoms with Crippen molar-refractivity contribution in [1.29, 1.82) is 0 Å². The number of hydrogen-bond donors (Lipinski definition) is 1. The summed E-state index contributed by atoms with van der Waals surface area (Å²) in [6.07, 6.45) is 2.21. The van der Waals surface area contributed by atoms with Crippen LogP contribution in [0.1, 0.15) is 32.7 Å². The van der Waals surface area contributed by atoms with Crippen LogP contribution in [0.2, 0.25) is 0 Å². The van der Waals surface area contributed by atoms with Crippen LogP contribution in [0.4, 0.5) is 0 Å². The quantitative estimate of drug-likeness (QED) is 0.671. The highest BCUT2D eigenvalue weighted by Gasteiger charge is 2.29. The fraction of sp³-hybridized carbons (Fsp3) is 0.800. The molecule has 0 unspecified atom stereocenters. The molecule has 90 valence electrons. The van der Waals surface area contributed by atoms with Crippen LogP contribution >= 0.6 is 27.7 Å². The average molecular weight is 306 g/mol. The first-order chi connectivity index (χ1) is 7.53. The zero-order valence-corrected chi connectivity index (χ0v) is 11.9. The molecule has 2 rings (SSSR count). The number of aromatic nitrogens is 3. The summed E-state index contributed by atoms with van der Waals surface area (Å²) in [5, 5.41) is 8.41. The zero-order chi connectivity index (χ0) is 11.8. The molecule has 0 atom stereocenters. The molecule has 1 aliphatic carbocycles. The fourth-order valence-corrected chi connectivity index (χ4v) is 2.91. The van der Waals surface area contributed by atoms with Gasteiger partial charge in [0, 0.05) is 17.1 Å². The molecule has 1 fully saturated rings. The summed E-state index contributed by atoms with van der Waals surface area (Å²) in [5.41, 5.74) is 0.148. The summed E-state index contributed by atoms with van der Waals surface area (Å²) in [6.45, 7) is 4.39. The summed E-state index contributed by atoms with van der Waals surface area (Å²) in [6, 6.07) is 0.390. The Morgan fingerprint density at radius 3 is 2.88 bits per heavy atom. The van der Waals surface area contributed by atoms with Crippen molar-refractivity contribution in [3.63, 3.8) is 0 Å². The number of hydrogen-bond acceptors (Lipinski definition) is 3. The number of alkyl halides is 1. The molecule has 0 radical (unpaired) electrons. The highest BCUT2D eigenvalue weighted by Crippen LogP contribution is 2.37. The maximum Gasteiger partial charge on any atom is 0.344 e. The largest absolute Gasteiger partial charge is 0.344 e. The first kappa shape index (κ1) is 12.2. The van der Waals surface area contributed by atoms with Gasteiger partial charge in [0.15, 0.2) is 5.16 Å². The Hall–Kier alpha value is -0.230. The predicted molar refractivity (Wildman–Crippen MR) is 69.4 cm³/mol. The summed E-state index contributed by atoms with van der Waals surface area (Å²) in [7, 11) is 0. The molecule has 0 amide bonds. The Morgan fingerprint density at radius 1 is 1.62 bits per heavy atom. The van der Waals surface area contributed by atoms with Gasteiger partial charge in [0.25, 0.3) is 0 Å². The number of thioether (sulfide) groups is 1. The molecule has 1 N–H and O–H groups in total. The van der Waals surface area contributed by atoms with Gasteiger partial charge < -0.3 is 0 Å². The molecule has 1 saturated carbocycles. The standard InChI is InChI=1S/C10H16BrN3OS/c1-10(2,5-11)6-16-9-13-12-8(15)14(9)7-3-4-7/h7H,3-6H2,1-2H3,(H,12,15). The van der Waals surface area contributed by atoms with Crippen molar-refractivity contribution in [3.05, 3.63) is 10.5 Å². The summed E-state index contributed by atoms with van der Waals surface area (Å²) < 4.78 is 1.80. The number of nitrogens with one attached hydrogen (secondary N) is 1. The fourth-order valence-electron chi connectivity index (χ4n) is 1.35. The van der Waals surface area contributed by atoms with Crippen LogP contribution in [0.3, 0.4) is 0 Å². The number of halogens is 1. The maximum absolute atomic E-state index is 11.5. The summed E-state index contributed by atoms with van der Waals surface area (Å²) >= 11 is 5.16. The van der Waals surface area contributed by atoms with Crippen molar-refractivity contribution in [2.45, 2.75) is 37.9 Å². The topological polar surface area (TPSA) is 50.7 Å². The van der Waals surface area contributed by atoms with E-state index in [9.17, 15) is 4.79 Å². The van der Waals surface area contributed by atoms with Gasteiger partial charge >= 0.3 is 5.69 Å². The van der Waals surface area contributed by atoms with Crippen LogP contribution in [0.15, 0.2) is 9.95 Å². The first-order valence-corrected chi connectivity index (χ1v) is 7.50. The molecule has 0 bridgehead atoms. The number of H-pyrrole nitrogens is 1. The minimum Gasteiger partial charge on any atom is -0.267 e. The molecular formula is C10H16BrN3OS. The molecule has 4 nitrogen and oxygen atoms in total. The SMILES string of the molecule is CC(C)(CBr)CSc1n[nH]c(=O)n1C1CC1. The second-order valence-corrected chi connectivity index (χ2v) is 6.50. The van der Waals surface area contributed by atoms with Gasteiger partial charge in [-0.15, -0.1) is 5.10 Å². The third-order valence-electron chi connectivity index (χ3n) is 2.54. The van der Waals surface area contributed by atoms with E-state index in [1.165, 1.54) is 0 Å². The van der Waals surface area contributed by atoms with Crippen molar-refractivity contribution in [1.82, 2.24) is 14.8 Å². The van der Waals surface area contributed by atoms with E-state index in [-0.39, 0.29) is 11.1 Å². The monoisotopic (exact) mass is 305 g/mol. The van der Waals surface area contributed by atoms with Crippen LogP contribution < -0.4 is 5.69 Å². The van der Waals surface area contributed by atoms with Gasteiger partial charge in [-0.2, -0.15) is 0 Å². The summed E-state index contributed by atoms with van der Waals surface area (Å²) in [5.74, 6) is 0.954. The van der Waals surface area contributed by atoms with E-state index in [0.29, 0.717) is 6.04 Å². The summed E-state index contributed by atoms with van der Waals surface area (Å²) in [4.78, 5) is 11.5. The third kappa shape index (κ3) is 2.71. The van der Waals surface area contributed by atoms with Crippen molar-refractivity contribution in [2.24, 2.45) is 5.41 Å². The number of aromatic amines is 1. The van der Waals surface area contributed by atoms with Gasteiger partial charge in [-0.1, -0.05) is 41.5 Å². The molecule has 1 aromatic rings. The lowest BCUT2D eigenvalue weighted by Gasteiger charge is -2.20. The maximum atomic E-state index is 11.5. The van der Waals surface area contributed by atoms with Gasteiger partial charge in [-0.25, -0.2) is 9.89 Å². The van der Waals surface area contributed by atoms with Crippen LogP contribution in [0, 0.1) is 5.41 Å². The van der Waals surface area contributed by atoms with E-state index < -0.39 is 0 Å². The number of rotatable bonds is 5. The highest BCUT2D eigenvalue weighted by atomic mass is 79.9. The average Bonchev–Trinajstić information content (AvgIpc) is 3.01. The molecule has 1 aromatic heterocycles. The molecule has 1 heterocycles. The molecule has 0 aromatic carbocycles. The van der Waals surface area contributed by atoms with Crippen molar-refractivity contribution in [2.75, 3.05) is 11.1 Å². The lowest BCUT2D eigenvalue weighted by molar-refractivity contribution is 0.494. The van der Waals surface area contributed by atoms with E-state index in [1.54, 1.807) is 16.3 Å². The van der Waals surface area contributed by atoms with Crippen molar-refractivity contribution < 1.29 is 0 Å². The van der Waals surface area contributed by atoms with Gasteiger partial charge in [0.1, 0.15) is 0 Å². The number of nitrogens with zero attached hydrogens (tertiary/aromatic N) is 2. The minimum absolute atomic E-state index is 0.0679. The molecule has 1 aliphatic rings. The third-order valence-corrected chi connectivity index (χ3v) is 5.53. The van der Waals surface area contributed by atoms with Crippen LogP contribution in [0.5, 0.6) is 0 Å². The lowest BCUT2D eigenvalue weighted by Crippen LogP contribution is -2.19. The van der Waals surface area contributed by atoms with E-state index in [0.717, 1.165) is 29.1 Å². The minimum atomic E-state index is -0.0679. The normalized spacial score (nSPS) is 16.7. The Labute approximate surface area is 107 Å². The van der Waals surface area contributed by atoms with Crippen molar-refractivity contribution >= 4 is 27.7 Å². The second kappa shape index (κ2) is 4.56. The van der Waals surface area contributed by atoms with Gasteiger partial charge in [-0.3, -0.25) is 4.57 Å². The van der Waals surface area contributed by atoms with Gasteiger partial charge in [0.2, 0.25) is 0 Å². The molecule has 0 aliphatic heterocycles. The van der Waals surface area contributed by atoms with E-state index in [4.69, 9.17) is 0 Å². The van der Waals surface area contributed by atoms with Crippen LogP contribution in [0.25, 0.3) is 0 Å². The predicted octanol–water partition coefficient (Wildman–Crippen LogP) is 2.42. The molecular weight excluding hydrogens is 290 g/mol. The highest BCUT2D eigenvalue weighted by molar-refractivity contribution is 9.09. The molecule has 16 heavy (non-hydrogen) atoms. The first-order valence-electron chi connectivity index (χ1n) is 5.39. The van der Waals surface area contributed by atoms with Crippen LogP contribution in [-0.2, 0) is 0 Å². The van der Waals surface area contributed by atoms with E-state index in [1.807, 2.05) is 0 Å². The van der Waals surface area contributed by atoms with Crippen molar-refractivity contribution in [3.8, 4) is 0 Å². The van der Waals surface area contributed by atoms with Gasteiger partial charge in [0.05, 0.1) is 0 Å². The Kier molecular flexibility index (Phi) is 3.49. The molecule has 0 spiro atoms. The molecule has 6 heteroatoms.